The number of fused-ring (bicyclic) bond motifs is 1. The van der Waals surface area contributed by atoms with E-state index < -0.39 is 0 Å². The van der Waals surface area contributed by atoms with E-state index in [9.17, 15) is 4.79 Å². The zero-order chi connectivity index (χ0) is 17.9. The summed E-state index contributed by atoms with van der Waals surface area (Å²) in [6.07, 6.45) is 4.16. The van der Waals surface area contributed by atoms with Crippen LogP contribution in [0.5, 0.6) is 0 Å². The van der Waals surface area contributed by atoms with Gasteiger partial charge in [-0.25, -0.2) is 4.98 Å². The van der Waals surface area contributed by atoms with Gasteiger partial charge in [0.25, 0.3) is 5.91 Å². The minimum atomic E-state index is -0.0224. The summed E-state index contributed by atoms with van der Waals surface area (Å²) in [6.45, 7) is 1.32. The Morgan fingerprint density at radius 1 is 1.27 bits per heavy atom. The Morgan fingerprint density at radius 2 is 2.12 bits per heavy atom. The zero-order valence-corrected chi connectivity index (χ0v) is 16.2. The smallest absolute Gasteiger partial charge is 0.260 e. The lowest BCUT2D eigenvalue weighted by Crippen LogP contribution is -2.37. The average Bonchev–Trinajstić information content (AvgIpc) is 3.35. The number of nitrogens with zero attached hydrogens (tertiary/aromatic N) is 2. The summed E-state index contributed by atoms with van der Waals surface area (Å²) in [5, 5.41) is 0.742. The SMILES string of the molecule is CSc1cccc2sc(N(CC3CCCO3)C(=O)c3ccccc3)nc12. The fourth-order valence-corrected chi connectivity index (χ4v) is 4.80. The van der Waals surface area contributed by atoms with Crippen molar-refractivity contribution < 1.29 is 9.53 Å². The van der Waals surface area contributed by atoms with E-state index in [0.29, 0.717) is 12.1 Å². The number of thioether (sulfide) groups is 1. The molecule has 1 aliphatic rings. The number of hydrogen-bond donors (Lipinski definition) is 0. The minimum Gasteiger partial charge on any atom is -0.376 e. The first-order valence-electron chi connectivity index (χ1n) is 8.68. The molecule has 134 valence electrons. The lowest BCUT2D eigenvalue weighted by molar-refractivity contribution is 0.0917. The standard InChI is InChI=1S/C20H20N2O2S2/c1-25-16-10-5-11-17-18(16)21-20(26-17)22(13-15-9-6-12-24-15)19(23)14-7-3-2-4-8-14/h2-5,7-8,10-11,15H,6,9,12-13H2,1H3. The number of benzene rings is 2. The number of rotatable bonds is 5. The first-order valence-corrected chi connectivity index (χ1v) is 10.7. The fraction of sp³-hybridized carbons (Fsp3) is 0.300. The third kappa shape index (κ3) is 3.49. The number of hydrogen-bond acceptors (Lipinski definition) is 5. The van der Waals surface area contributed by atoms with E-state index in [0.717, 1.165) is 39.7 Å². The molecule has 0 aliphatic carbocycles. The molecule has 1 aromatic heterocycles. The van der Waals surface area contributed by atoms with E-state index in [2.05, 4.69) is 12.1 Å². The number of ether oxygens (including phenoxy) is 1. The lowest BCUT2D eigenvalue weighted by atomic mass is 10.2. The quantitative estimate of drug-likeness (QED) is 0.590. The van der Waals surface area contributed by atoms with Crippen molar-refractivity contribution in [2.45, 2.75) is 23.8 Å². The van der Waals surface area contributed by atoms with Crippen LogP contribution in [0.25, 0.3) is 10.2 Å². The van der Waals surface area contributed by atoms with Gasteiger partial charge in [-0.1, -0.05) is 35.6 Å². The van der Waals surface area contributed by atoms with Crippen LogP contribution in [0, 0.1) is 0 Å². The maximum absolute atomic E-state index is 13.2. The second-order valence-corrected chi connectivity index (χ2v) is 8.08. The molecule has 0 bridgehead atoms. The van der Waals surface area contributed by atoms with Gasteiger partial charge in [0, 0.05) is 17.1 Å². The molecule has 1 saturated heterocycles. The van der Waals surface area contributed by atoms with Gasteiger partial charge in [-0.15, -0.1) is 11.8 Å². The van der Waals surface area contributed by atoms with Crippen molar-refractivity contribution in [3.8, 4) is 0 Å². The molecule has 4 nitrogen and oxygen atoms in total. The topological polar surface area (TPSA) is 42.4 Å². The van der Waals surface area contributed by atoms with E-state index in [4.69, 9.17) is 9.72 Å². The highest BCUT2D eigenvalue weighted by atomic mass is 32.2. The molecule has 2 heterocycles. The van der Waals surface area contributed by atoms with Crippen LogP contribution in [0.4, 0.5) is 5.13 Å². The van der Waals surface area contributed by atoms with E-state index >= 15 is 0 Å². The van der Waals surface area contributed by atoms with Crippen molar-refractivity contribution in [1.29, 1.82) is 0 Å². The highest BCUT2D eigenvalue weighted by molar-refractivity contribution is 7.98. The van der Waals surface area contributed by atoms with Crippen LogP contribution < -0.4 is 4.90 Å². The van der Waals surface area contributed by atoms with Crippen molar-refractivity contribution in [1.82, 2.24) is 4.98 Å². The molecule has 6 heteroatoms. The summed E-state index contributed by atoms with van der Waals surface area (Å²) in [5.41, 5.74) is 1.65. The Kier molecular flexibility index (Phi) is 5.24. The van der Waals surface area contributed by atoms with E-state index in [1.165, 1.54) is 0 Å². The van der Waals surface area contributed by atoms with Crippen LogP contribution in [0.15, 0.2) is 53.4 Å². The summed E-state index contributed by atoms with van der Waals surface area (Å²) >= 11 is 3.24. The molecule has 0 N–H and O–H groups in total. The number of amides is 1. The Bertz CT molecular complexity index is 905. The zero-order valence-electron chi connectivity index (χ0n) is 14.6. The van der Waals surface area contributed by atoms with Crippen LogP contribution in [-0.4, -0.2) is 36.4 Å². The predicted octanol–water partition coefficient (Wildman–Crippen LogP) is 4.84. The molecule has 1 atom stereocenters. The highest BCUT2D eigenvalue weighted by Gasteiger charge is 2.27. The maximum Gasteiger partial charge on any atom is 0.260 e. The molecule has 1 fully saturated rings. The molecule has 0 saturated carbocycles. The van der Waals surface area contributed by atoms with Crippen molar-refractivity contribution in [2.75, 3.05) is 24.3 Å². The normalized spacial score (nSPS) is 16.9. The molecule has 3 aromatic rings. The van der Waals surface area contributed by atoms with Gasteiger partial charge in [0.1, 0.15) is 0 Å². The van der Waals surface area contributed by atoms with Crippen molar-refractivity contribution in [3.63, 3.8) is 0 Å². The molecule has 26 heavy (non-hydrogen) atoms. The van der Waals surface area contributed by atoms with Crippen LogP contribution >= 0.6 is 23.1 Å². The van der Waals surface area contributed by atoms with E-state index in [1.807, 2.05) is 42.7 Å². The maximum atomic E-state index is 13.2. The molecule has 2 aromatic carbocycles. The van der Waals surface area contributed by atoms with Gasteiger partial charge in [0.15, 0.2) is 5.13 Å². The summed E-state index contributed by atoms with van der Waals surface area (Å²) in [6, 6.07) is 15.6. The Hall–Kier alpha value is -1.89. The largest absolute Gasteiger partial charge is 0.376 e. The lowest BCUT2D eigenvalue weighted by Gasteiger charge is -2.23. The highest BCUT2D eigenvalue weighted by Crippen LogP contribution is 2.35. The second-order valence-electron chi connectivity index (χ2n) is 6.22. The molecule has 4 rings (SSSR count). The number of aromatic nitrogens is 1. The molecule has 0 spiro atoms. The Morgan fingerprint density at radius 3 is 2.85 bits per heavy atom. The van der Waals surface area contributed by atoms with Crippen molar-refractivity contribution in [3.05, 3.63) is 54.1 Å². The number of carbonyl (C=O) groups is 1. The Balaban J connectivity index is 1.73. The fourth-order valence-electron chi connectivity index (χ4n) is 3.17. The number of para-hydroxylation sites is 1. The molecule has 1 amide bonds. The summed E-state index contributed by atoms with van der Waals surface area (Å²) < 4.78 is 6.89. The van der Waals surface area contributed by atoms with Gasteiger partial charge in [0.05, 0.1) is 22.9 Å². The van der Waals surface area contributed by atoms with Gasteiger partial charge >= 0.3 is 0 Å². The Labute approximate surface area is 161 Å². The third-order valence-electron chi connectivity index (χ3n) is 4.50. The first-order chi connectivity index (χ1) is 12.8. The monoisotopic (exact) mass is 384 g/mol. The first kappa shape index (κ1) is 17.5. The molecule has 1 aliphatic heterocycles. The van der Waals surface area contributed by atoms with E-state index in [-0.39, 0.29) is 12.0 Å². The molecular formula is C20H20N2O2S2. The van der Waals surface area contributed by atoms with Crippen LogP contribution in [0.2, 0.25) is 0 Å². The summed E-state index contributed by atoms with van der Waals surface area (Å²) in [4.78, 5) is 20.9. The second kappa shape index (κ2) is 7.78. The van der Waals surface area contributed by atoms with Gasteiger partial charge in [-0.3, -0.25) is 9.69 Å². The van der Waals surface area contributed by atoms with Gasteiger partial charge in [-0.05, 0) is 43.4 Å². The van der Waals surface area contributed by atoms with Crippen LogP contribution in [-0.2, 0) is 4.74 Å². The third-order valence-corrected chi connectivity index (χ3v) is 6.31. The average molecular weight is 385 g/mol. The van der Waals surface area contributed by atoms with Crippen molar-refractivity contribution >= 4 is 44.4 Å². The predicted molar refractivity (Wildman–Crippen MR) is 108 cm³/mol. The van der Waals surface area contributed by atoms with Crippen LogP contribution in [0.1, 0.15) is 23.2 Å². The molecule has 1 unspecified atom stereocenters. The van der Waals surface area contributed by atoms with Crippen molar-refractivity contribution in [2.24, 2.45) is 0 Å². The van der Waals surface area contributed by atoms with Gasteiger partial charge < -0.3 is 4.74 Å². The minimum absolute atomic E-state index is 0.0224. The summed E-state index contributed by atoms with van der Waals surface area (Å²) in [5.74, 6) is -0.0224. The van der Waals surface area contributed by atoms with Gasteiger partial charge in [0.2, 0.25) is 0 Å². The molecular weight excluding hydrogens is 364 g/mol. The number of anilines is 1. The summed E-state index contributed by atoms with van der Waals surface area (Å²) in [7, 11) is 0. The van der Waals surface area contributed by atoms with Crippen LogP contribution in [0.3, 0.4) is 0 Å². The number of thiazole rings is 1. The molecule has 0 radical (unpaired) electrons. The van der Waals surface area contributed by atoms with E-state index in [1.54, 1.807) is 28.0 Å². The number of carbonyl (C=O) groups excluding carboxylic acids is 1. The van der Waals surface area contributed by atoms with Gasteiger partial charge in [-0.2, -0.15) is 0 Å².